The van der Waals surface area contributed by atoms with Crippen molar-refractivity contribution in [2.45, 2.75) is 45.3 Å². The van der Waals surface area contributed by atoms with Gasteiger partial charge in [0.2, 0.25) is 0 Å². The zero-order valence-corrected chi connectivity index (χ0v) is 19.7. The summed E-state index contributed by atoms with van der Waals surface area (Å²) in [5.41, 5.74) is 2.37. The predicted molar refractivity (Wildman–Crippen MR) is 129 cm³/mol. The Balaban J connectivity index is 1.40. The molecule has 2 aliphatic heterocycles. The van der Waals surface area contributed by atoms with E-state index in [-0.39, 0.29) is 18.7 Å². The molecule has 3 heterocycles. The van der Waals surface area contributed by atoms with Crippen LogP contribution in [0.5, 0.6) is 0 Å². The standard InChI is InChI=1S/C25H31N5O4/c1-3-4-13-30(25(32)34-16-18-7-9-19(10-8-18)24(31)33-2)20-11-14-29(15-20)23-21-6-5-12-26-22(21)27-17-28-23/h5,7-10,12,17,20H,3-4,6,11,13-16H2,1-2H3,(H,26,27,28)/t20-/m0/s1. The molecule has 0 aliphatic carbocycles. The average Bonchev–Trinajstić information content (AvgIpc) is 3.37. The number of unbranched alkanes of at least 4 members (excludes halogenated alkanes) is 1. The minimum absolute atomic E-state index is 0.0541. The van der Waals surface area contributed by atoms with E-state index in [1.165, 1.54) is 7.11 Å². The summed E-state index contributed by atoms with van der Waals surface area (Å²) in [6.07, 6.45) is 8.78. The lowest BCUT2D eigenvalue weighted by molar-refractivity contribution is 0.0600. The maximum Gasteiger partial charge on any atom is 0.410 e. The fourth-order valence-corrected chi connectivity index (χ4v) is 4.33. The quantitative estimate of drug-likeness (QED) is 0.589. The van der Waals surface area contributed by atoms with Crippen LogP contribution in [0.1, 0.15) is 47.7 Å². The molecule has 34 heavy (non-hydrogen) atoms. The number of carbonyl (C=O) groups excluding carboxylic acids is 2. The van der Waals surface area contributed by atoms with Gasteiger partial charge in [0.25, 0.3) is 0 Å². The maximum absolute atomic E-state index is 13.1. The molecule has 2 aromatic rings. The van der Waals surface area contributed by atoms with Crippen molar-refractivity contribution in [1.29, 1.82) is 0 Å². The number of ether oxygens (including phenoxy) is 2. The highest BCUT2D eigenvalue weighted by Crippen LogP contribution is 2.30. The molecule has 0 bridgehead atoms. The molecular weight excluding hydrogens is 434 g/mol. The molecule has 9 heteroatoms. The van der Waals surface area contributed by atoms with Gasteiger partial charge in [-0.25, -0.2) is 19.6 Å². The molecule has 0 spiro atoms. The number of aromatic nitrogens is 2. The topological polar surface area (TPSA) is 96.9 Å². The summed E-state index contributed by atoms with van der Waals surface area (Å²) in [5.74, 6) is 1.38. The van der Waals surface area contributed by atoms with Gasteiger partial charge in [-0.15, -0.1) is 0 Å². The molecule has 2 aliphatic rings. The van der Waals surface area contributed by atoms with Gasteiger partial charge >= 0.3 is 12.1 Å². The van der Waals surface area contributed by atoms with Crippen LogP contribution in [0.3, 0.4) is 0 Å². The zero-order chi connectivity index (χ0) is 23.9. The van der Waals surface area contributed by atoms with Gasteiger partial charge in [0.15, 0.2) is 0 Å². The van der Waals surface area contributed by atoms with Crippen molar-refractivity contribution in [2.24, 2.45) is 0 Å². The van der Waals surface area contributed by atoms with Crippen LogP contribution in [0.25, 0.3) is 0 Å². The Bertz CT molecular complexity index is 1040. The molecule has 180 valence electrons. The largest absolute Gasteiger partial charge is 0.465 e. The summed E-state index contributed by atoms with van der Waals surface area (Å²) < 4.78 is 10.4. The molecule has 1 aromatic heterocycles. The van der Waals surface area contributed by atoms with Crippen LogP contribution in [0, 0.1) is 0 Å². The SMILES string of the molecule is CCCCN(C(=O)OCc1ccc(C(=O)OC)cc1)[C@H]1CCN(c2ncnc3c2CC=CN3)C1. The Morgan fingerprint density at radius 1 is 1.24 bits per heavy atom. The molecule has 1 amide bonds. The van der Waals surface area contributed by atoms with Gasteiger partial charge in [-0.3, -0.25) is 0 Å². The lowest BCUT2D eigenvalue weighted by Gasteiger charge is -2.29. The van der Waals surface area contributed by atoms with Crippen molar-refractivity contribution in [1.82, 2.24) is 14.9 Å². The highest BCUT2D eigenvalue weighted by molar-refractivity contribution is 5.89. The van der Waals surface area contributed by atoms with E-state index in [2.05, 4.69) is 33.2 Å². The highest BCUT2D eigenvalue weighted by Gasteiger charge is 2.33. The number of amides is 1. The van der Waals surface area contributed by atoms with Crippen molar-refractivity contribution in [3.05, 3.63) is 59.6 Å². The first kappa shape index (κ1) is 23.5. The van der Waals surface area contributed by atoms with Gasteiger partial charge in [-0.05, 0) is 43.2 Å². The highest BCUT2D eigenvalue weighted by atomic mass is 16.6. The summed E-state index contributed by atoms with van der Waals surface area (Å²) in [4.78, 5) is 37.7. The monoisotopic (exact) mass is 465 g/mol. The van der Waals surface area contributed by atoms with Gasteiger partial charge in [-0.2, -0.15) is 0 Å². The van der Waals surface area contributed by atoms with Gasteiger partial charge < -0.3 is 24.6 Å². The molecule has 9 nitrogen and oxygen atoms in total. The second-order valence-electron chi connectivity index (χ2n) is 8.45. The normalized spacial score (nSPS) is 16.5. The van der Waals surface area contributed by atoms with Gasteiger partial charge in [0.05, 0.1) is 18.7 Å². The Labute approximate surface area is 199 Å². The number of fused-ring (bicyclic) bond motifs is 1. The Hall–Kier alpha value is -3.62. The third-order valence-electron chi connectivity index (χ3n) is 6.21. The van der Waals surface area contributed by atoms with E-state index in [9.17, 15) is 9.59 Å². The number of nitrogens with one attached hydrogen (secondary N) is 1. The fourth-order valence-electron chi connectivity index (χ4n) is 4.33. The van der Waals surface area contributed by atoms with E-state index in [1.54, 1.807) is 30.6 Å². The fraction of sp³-hybridized carbons (Fsp3) is 0.440. The van der Waals surface area contributed by atoms with E-state index in [0.29, 0.717) is 18.7 Å². The molecule has 4 rings (SSSR count). The van der Waals surface area contributed by atoms with Crippen LogP contribution < -0.4 is 10.2 Å². The Morgan fingerprint density at radius 3 is 2.82 bits per heavy atom. The number of hydrogen-bond donors (Lipinski definition) is 1. The summed E-state index contributed by atoms with van der Waals surface area (Å²) in [5, 5.41) is 3.18. The lowest BCUT2D eigenvalue weighted by Crippen LogP contribution is -2.43. The minimum Gasteiger partial charge on any atom is -0.465 e. The number of allylic oxidation sites excluding steroid dienone is 1. The van der Waals surface area contributed by atoms with Gasteiger partial charge in [-0.1, -0.05) is 31.6 Å². The number of carbonyl (C=O) groups is 2. The molecule has 1 fully saturated rings. The average molecular weight is 466 g/mol. The van der Waals surface area contributed by atoms with Crippen LogP contribution in [0.15, 0.2) is 42.9 Å². The molecule has 0 unspecified atom stereocenters. The van der Waals surface area contributed by atoms with Crippen molar-refractivity contribution in [3.63, 3.8) is 0 Å². The van der Waals surface area contributed by atoms with Crippen molar-refractivity contribution in [2.75, 3.05) is 37.0 Å². The number of methoxy groups -OCH3 is 1. The van der Waals surface area contributed by atoms with Crippen LogP contribution in [0.4, 0.5) is 16.4 Å². The van der Waals surface area contributed by atoms with E-state index in [4.69, 9.17) is 9.47 Å². The van der Waals surface area contributed by atoms with Crippen LogP contribution in [-0.4, -0.2) is 59.7 Å². The summed E-state index contributed by atoms with van der Waals surface area (Å²) in [6.45, 7) is 4.45. The Morgan fingerprint density at radius 2 is 2.06 bits per heavy atom. The number of hydrogen-bond acceptors (Lipinski definition) is 8. The van der Waals surface area contributed by atoms with Crippen LogP contribution in [0.2, 0.25) is 0 Å². The summed E-state index contributed by atoms with van der Waals surface area (Å²) >= 11 is 0. The first-order valence-corrected chi connectivity index (χ1v) is 11.7. The second kappa shape index (κ2) is 11.0. The predicted octanol–water partition coefficient (Wildman–Crippen LogP) is 3.76. The van der Waals surface area contributed by atoms with Crippen LogP contribution >= 0.6 is 0 Å². The maximum atomic E-state index is 13.1. The number of benzene rings is 1. The van der Waals surface area contributed by atoms with Crippen molar-refractivity contribution in [3.8, 4) is 0 Å². The van der Waals surface area contributed by atoms with E-state index < -0.39 is 5.97 Å². The van der Waals surface area contributed by atoms with E-state index >= 15 is 0 Å². The van der Waals surface area contributed by atoms with Crippen molar-refractivity contribution >= 4 is 23.7 Å². The van der Waals surface area contributed by atoms with Crippen LogP contribution in [-0.2, 0) is 22.5 Å². The second-order valence-corrected chi connectivity index (χ2v) is 8.45. The first-order valence-electron chi connectivity index (χ1n) is 11.7. The zero-order valence-electron chi connectivity index (χ0n) is 19.7. The Kier molecular flexibility index (Phi) is 7.61. The van der Waals surface area contributed by atoms with E-state index in [0.717, 1.165) is 55.0 Å². The molecule has 1 N–H and O–H groups in total. The number of nitrogens with zero attached hydrogens (tertiary/aromatic N) is 4. The molecular formula is C25H31N5O4. The minimum atomic E-state index is -0.392. The lowest BCUT2D eigenvalue weighted by atomic mass is 10.1. The van der Waals surface area contributed by atoms with Gasteiger partial charge in [0.1, 0.15) is 24.6 Å². The molecule has 0 radical (unpaired) electrons. The third kappa shape index (κ3) is 5.30. The molecule has 1 atom stereocenters. The first-order chi connectivity index (χ1) is 16.6. The molecule has 1 saturated heterocycles. The van der Waals surface area contributed by atoms with Crippen molar-refractivity contribution < 1.29 is 19.1 Å². The third-order valence-corrected chi connectivity index (χ3v) is 6.21. The number of anilines is 2. The number of rotatable bonds is 8. The summed E-state index contributed by atoms with van der Waals surface area (Å²) in [7, 11) is 1.35. The van der Waals surface area contributed by atoms with Gasteiger partial charge in [0, 0.05) is 25.2 Å². The van der Waals surface area contributed by atoms with E-state index in [1.807, 2.05) is 11.1 Å². The number of esters is 1. The smallest absolute Gasteiger partial charge is 0.410 e. The summed E-state index contributed by atoms with van der Waals surface area (Å²) in [6, 6.07) is 6.94. The molecule has 0 saturated carbocycles. The molecule has 1 aromatic carbocycles.